The third kappa shape index (κ3) is 2.59. The van der Waals surface area contributed by atoms with Gasteiger partial charge in [-0.25, -0.2) is 0 Å². The summed E-state index contributed by atoms with van der Waals surface area (Å²) >= 11 is 6.25. The van der Waals surface area contributed by atoms with E-state index in [-0.39, 0.29) is 0 Å². The van der Waals surface area contributed by atoms with E-state index in [9.17, 15) is 9.59 Å². The molecule has 1 aromatic carbocycles. The van der Waals surface area contributed by atoms with Crippen molar-refractivity contribution in [3.63, 3.8) is 0 Å². The number of carbonyl (C=O) groups excluding carboxylic acids is 2. The fourth-order valence-electron chi connectivity index (χ4n) is 2.29. The Bertz CT molecular complexity index is 522. The van der Waals surface area contributed by atoms with Gasteiger partial charge in [0.15, 0.2) is 0 Å². The average Bonchev–Trinajstić information content (AvgIpc) is 2.64. The Labute approximate surface area is 117 Å². The number of nitrogens with zero attached hydrogens (tertiary/aromatic N) is 1. The molecule has 1 aliphatic heterocycles. The number of rotatable bonds is 5. The minimum atomic E-state index is -0.583. The SMILES string of the molecule is CCCN(CCC)c1cc2c(cc1Cl)C(=O)C(=O)N2. The van der Waals surface area contributed by atoms with Gasteiger partial charge in [0.1, 0.15) is 0 Å². The molecular formula is C14H17ClN2O2. The van der Waals surface area contributed by atoms with Crippen LogP contribution < -0.4 is 10.2 Å². The summed E-state index contributed by atoms with van der Waals surface area (Å²) in [4.78, 5) is 25.1. The molecule has 0 atom stereocenters. The molecule has 5 heteroatoms. The van der Waals surface area contributed by atoms with Crippen LogP contribution >= 0.6 is 11.6 Å². The quantitative estimate of drug-likeness (QED) is 0.843. The fourth-order valence-corrected chi connectivity index (χ4v) is 2.57. The summed E-state index contributed by atoms with van der Waals surface area (Å²) in [6.07, 6.45) is 2.03. The van der Waals surface area contributed by atoms with E-state index in [4.69, 9.17) is 11.6 Å². The Balaban J connectivity index is 2.40. The summed E-state index contributed by atoms with van der Waals surface area (Å²) in [7, 11) is 0. The van der Waals surface area contributed by atoms with E-state index in [1.54, 1.807) is 12.1 Å². The van der Waals surface area contributed by atoms with Crippen molar-refractivity contribution in [2.75, 3.05) is 23.3 Å². The predicted octanol–water partition coefficient (Wildman–Crippen LogP) is 3.10. The van der Waals surface area contributed by atoms with Crippen LogP contribution in [0.4, 0.5) is 11.4 Å². The second-order valence-corrected chi connectivity index (χ2v) is 5.03. The van der Waals surface area contributed by atoms with E-state index in [0.717, 1.165) is 31.6 Å². The Morgan fingerprint density at radius 1 is 1.16 bits per heavy atom. The molecule has 1 aromatic rings. The van der Waals surface area contributed by atoms with E-state index in [1.807, 2.05) is 0 Å². The normalized spacial score (nSPS) is 13.4. The summed E-state index contributed by atoms with van der Waals surface area (Å²) in [5.41, 5.74) is 1.80. The van der Waals surface area contributed by atoms with E-state index in [1.165, 1.54) is 0 Å². The summed E-state index contributed by atoms with van der Waals surface area (Å²) in [5, 5.41) is 3.10. The molecule has 19 heavy (non-hydrogen) atoms. The van der Waals surface area contributed by atoms with Gasteiger partial charge in [-0.2, -0.15) is 0 Å². The first-order valence-corrected chi connectivity index (χ1v) is 6.90. The summed E-state index contributed by atoms with van der Waals surface area (Å²) in [5.74, 6) is -1.10. The second kappa shape index (κ2) is 5.61. The first-order chi connectivity index (χ1) is 9.08. The number of benzene rings is 1. The zero-order valence-corrected chi connectivity index (χ0v) is 11.9. The molecule has 0 saturated carbocycles. The highest BCUT2D eigenvalue weighted by Crippen LogP contribution is 2.35. The highest BCUT2D eigenvalue weighted by molar-refractivity contribution is 6.52. The Kier molecular flexibility index (Phi) is 4.10. The largest absolute Gasteiger partial charge is 0.370 e. The van der Waals surface area contributed by atoms with Gasteiger partial charge in [0.2, 0.25) is 0 Å². The highest BCUT2D eigenvalue weighted by atomic mass is 35.5. The average molecular weight is 281 g/mol. The van der Waals surface area contributed by atoms with Crippen LogP contribution in [0.25, 0.3) is 0 Å². The van der Waals surface area contributed by atoms with Gasteiger partial charge in [-0.05, 0) is 25.0 Å². The van der Waals surface area contributed by atoms with Crippen LogP contribution in [0.3, 0.4) is 0 Å². The number of carbonyl (C=O) groups is 2. The molecule has 102 valence electrons. The van der Waals surface area contributed by atoms with Crippen LogP contribution in [0, 0.1) is 0 Å². The van der Waals surface area contributed by atoms with Gasteiger partial charge in [0.05, 0.1) is 22.0 Å². The standard InChI is InChI=1S/C14H17ClN2O2/c1-3-5-17(6-4-2)12-8-11-9(7-10(12)15)13(18)14(19)16-11/h7-8H,3-6H2,1-2H3,(H,16,18,19). The van der Waals surface area contributed by atoms with Crippen LogP contribution in [0.2, 0.25) is 5.02 Å². The number of Topliss-reactive ketones (excluding diaryl/α,β-unsaturated/α-hetero) is 1. The third-order valence-electron chi connectivity index (χ3n) is 3.11. The molecule has 0 saturated heterocycles. The first kappa shape index (κ1) is 13.9. The number of hydrogen-bond acceptors (Lipinski definition) is 3. The molecule has 0 aliphatic carbocycles. The van der Waals surface area contributed by atoms with Gasteiger partial charge in [-0.3, -0.25) is 9.59 Å². The van der Waals surface area contributed by atoms with Crippen LogP contribution in [-0.4, -0.2) is 24.8 Å². The lowest BCUT2D eigenvalue weighted by atomic mass is 10.1. The lowest BCUT2D eigenvalue weighted by Crippen LogP contribution is -2.25. The fraction of sp³-hybridized carbons (Fsp3) is 0.429. The minimum absolute atomic E-state index is 0.367. The van der Waals surface area contributed by atoms with Crippen molar-refractivity contribution in [3.05, 3.63) is 22.7 Å². The Hall–Kier alpha value is -1.55. The maximum Gasteiger partial charge on any atom is 0.296 e. The number of halogens is 1. The smallest absolute Gasteiger partial charge is 0.296 e. The summed E-state index contributed by atoms with van der Waals surface area (Å²) in [6, 6.07) is 3.39. The highest BCUT2D eigenvalue weighted by Gasteiger charge is 2.29. The molecule has 2 rings (SSSR count). The maximum absolute atomic E-state index is 11.6. The van der Waals surface area contributed by atoms with Crippen molar-refractivity contribution < 1.29 is 9.59 Å². The summed E-state index contributed by atoms with van der Waals surface area (Å²) in [6.45, 7) is 6.01. The molecule has 0 spiro atoms. The molecule has 4 nitrogen and oxygen atoms in total. The lowest BCUT2D eigenvalue weighted by molar-refractivity contribution is -0.112. The number of ketones is 1. The van der Waals surface area contributed by atoms with E-state index in [2.05, 4.69) is 24.1 Å². The van der Waals surface area contributed by atoms with Gasteiger partial charge in [0, 0.05) is 13.1 Å². The van der Waals surface area contributed by atoms with Gasteiger partial charge in [0.25, 0.3) is 11.7 Å². The molecule has 0 unspecified atom stereocenters. The van der Waals surface area contributed by atoms with Crippen LogP contribution in [0.5, 0.6) is 0 Å². The topological polar surface area (TPSA) is 49.4 Å². The van der Waals surface area contributed by atoms with E-state index >= 15 is 0 Å². The van der Waals surface area contributed by atoms with Gasteiger partial charge in [-0.1, -0.05) is 25.4 Å². The van der Waals surface area contributed by atoms with Crippen LogP contribution in [0.1, 0.15) is 37.0 Å². The van der Waals surface area contributed by atoms with Gasteiger partial charge in [-0.15, -0.1) is 0 Å². The van der Waals surface area contributed by atoms with Crippen molar-refractivity contribution in [2.24, 2.45) is 0 Å². The minimum Gasteiger partial charge on any atom is -0.370 e. The third-order valence-corrected chi connectivity index (χ3v) is 3.42. The van der Waals surface area contributed by atoms with Crippen LogP contribution in [-0.2, 0) is 4.79 Å². The predicted molar refractivity (Wildman–Crippen MR) is 77.2 cm³/mol. The zero-order valence-electron chi connectivity index (χ0n) is 11.1. The molecule has 0 bridgehead atoms. The van der Waals surface area contributed by atoms with Crippen LogP contribution in [0.15, 0.2) is 12.1 Å². The number of fused-ring (bicyclic) bond motifs is 1. The van der Waals surface area contributed by atoms with Crippen molar-refractivity contribution in [2.45, 2.75) is 26.7 Å². The van der Waals surface area contributed by atoms with E-state index in [0.29, 0.717) is 16.3 Å². The number of hydrogen-bond donors (Lipinski definition) is 1. The second-order valence-electron chi connectivity index (χ2n) is 4.62. The molecule has 1 aliphatic rings. The van der Waals surface area contributed by atoms with Crippen molar-refractivity contribution in [1.29, 1.82) is 0 Å². The molecule has 0 aromatic heterocycles. The van der Waals surface area contributed by atoms with Crippen molar-refractivity contribution in [3.8, 4) is 0 Å². The van der Waals surface area contributed by atoms with Crippen molar-refractivity contribution in [1.82, 2.24) is 0 Å². The Morgan fingerprint density at radius 2 is 1.79 bits per heavy atom. The molecular weight excluding hydrogens is 264 g/mol. The first-order valence-electron chi connectivity index (χ1n) is 6.52. The molecule has 1 amide bonds. The van der Waals surface area contributed by atoms with E-state index < -0.39 is 11.7 Å². The lowest BCUT2D eigenvalue weighted by Gasteiger charge is -2.25. The molecule has 1 N–H and O–H groups in total. The van der Waals surface area contributed by atoms with Gasteiger partial charge >= 0.3 is 0 Å². The number of nitrogens with one attached hydrogen (secondary N) is 1. The molecule has 0 radical (unpaired) electrons. The zero-order chi connectivity index (χ0) is 14.0. The molecule has 1 heterocycles. The Morgan fingerprint density at radius 3 is 2.37 bits per heavy atom. The monoisotopic (exact) mass is 280 g/mol. The summed E-state index contributed by atoms with van der Waals surface area (Å²) < 4.78 is 0. The number of amides is 1. The van der Waals surface area contributed by atoms with Crippen molar-refractivity contribution >= 4 is 34.7 Å². The maximum atomic E-state index is 11.6. The van der Waals surface area contributed by atoms with Gasteiger partial charge < -0.3 is 10.2 Å². The molecule has 0 fully saturated rings. The number of anilines is 2.